The van der Waals surface area contributed by atoms with Crippen molar-refractivity contribution >= 4 is 5.97 Å². The highest BCUT2D eigenvalue weighted by atomic mass is 19.1. The number of carboxylic acids is 1. The molecule has 2 aromatic carbocycles. The van der Waals surface area contributed by atoms with E-state index in [1.807, 2.05) is 6.07 Å². The standard InChI is InChI=1S/C28H35FN2O3/c29-23-8-4-5-21(15-23)17-34-20-27(18-30-25-16-24(25)22-6-2-1-3-7-22)11-13-31(14-12-27)19-28(9-10-28)26(32)33/h1-8,15,24-25,30H,9-14,16-20H2,(H,32,33)/t24-,25+/m0/s1. The van der Waals surface area contributed by atoms with Gasteiger partial charge in [0.25, 0.3) is 0 Å². The average Bonchev–Trinajstić information content (AvgIpc) is 3.76. The van der Waals surface area contributed by atoms with E-state index in [2.05, 4.69) is 40.5 Å². The van der Waals surface area contributed by atoms with Crippen LogP contribution in [-0.4, -0.2) is 54.8 Å². The summed E-state index contributed by atoms with van der Waals surface area (Å²) in [5, 5.41) is 13.4. The molecule has 0 radical (unpaired) electrons. The van der Waals surface area contributed by atoms with Crippen LogP contribution in [0.1, 0.15) is 49.1 Å². The molecule has 2 aromatic rings. The summed E-state index contributed by atoms with van der Waals surface area (Å²) in [6.07, 6.45) is 4.70. The van der Waals surface area contributed by atoms with Crippen molar-refractivity contribution < 1.29 is 19.0 Å². The Hall–Kier alpha value is -2.28. The Morgan fingerprint density at radius 1 is 1.09 bits per heavy atom. The fourth-order valence-corrected chi connectivity index (χ4v) is 5.43. The lowest BCUT2D eigenvalue weighted by Gasteiger charge is -2.42. The number of hydrogen-bond acceptors (Lipinski definition) is 4. The van der Waals surface area contributed by atoms with Crippen LogP contribution in [0.3, 0.4) is 0 Å². The number of halogens is 1. The molecule has 6 heteroatoms. The Balaban J connectivity index is 1.18. The Morgan fingerprint density at radius 2 is 1.85 bits per heavy atom. The maximum absolute atomic E-state index is 13.5. The van der Waals surface area contributed by atoms with Gasteiger partial charge in [-0.15, -0.1) is 0 Å². The summed E-state index contributed by atoms with van der Waals surface area (Å²) in [5.41, 5.74) is 1.75. The van der Waals surface area contributed by atoms with Crippen LogP contribution in [0.2, 0.25) is 0 Å². The lowest BCUT2D eigenvalue weighted by atomic mass is 9.78. The zero-order valence-corrected chi connectivity index (χ0v) is 19.7. The SMILES string of the molecule is O=C(O)C1(CN2CCC(CN[C@@H]3C[C@H]3c3ccccc3)(COCc3cccc(F)c3)CC2)CC1. The molecule has 3 fully saturated rings. The predicted octanol–water partition coefficient (Wildman–Crippen LogP) is 4.44. The molecular formula is C28H35FN2O3. The van der Waals surface area contributed by atoms with Gasteiger partial charge in [0.05, 0.1) is 18.6 Å². The summed E-state index contributed by atoms with van der Waals surface area (Å²) in [5.74, 6) is -0.305. The summed E-state index contributed by atoms with van der Waals surface area (Å²) in [6.45, 7) is 4.37. The first-order valence-electron chi connectivity index (χ1n) is 12.5. The van der Waals surface area contributed by atoms with E-state index in [-0.39, 0.29) is 11.2 Å². The number of carboxylic acid groups (broad SMARTS) is 1. The summed E-state index contributed by atoms with van der Waals surface area (Å²) in [7, 11) is 0. The van der Waals surface area contributed by atoms with Gasteiger partial charge in [-0.3, -0.25) is 4.79 Å². The molecule has 2 aliphatic carbocycles. The molecule has 0 amide bonds. The number of benzene rings is 2. The number of rotatable bonds is 11. The third-order valence-electron chi connectivity index (χ3n) is 8.07. The number of nitrogens with one attached hydrogen (secondary N) is 1. The zero-order valence-electron chi connectivity index (χ0n) is 19.7. The van der Waals surface area contributed by atoms with Gasteiger partial charge in [0.15, 0.2) is 0 Å². The first kappa shape index (κ1) is 23.5. The van der Waals surface area contributed by atoms with Crippen LogP contribution in [0.15, 0.2) is 54.6 Å². The molecule has 0 spiro atoms. The van der Waals surface area contributed by atoms with E-state index < -0.39 is 11.4 Å². The van der Waals surface area contributed by atoms with Gasteiger partial charge in [-0.1, -0.05) is 42.5 Å². The van der Waals surface area contributed by atoms with E-state index in [9.17, 15) is 14.3 Å². The highest BCUT2D eigenvalue weighted by molar-refractivity contribution is 5.78. The fourth-order valence-electron chi connectivity index (χ4n) is 5.43. The number of ether oxygens (including phenoxy) is 1. The van der Waals surface area contributed by atoms with E-state index in [0.29, 0.717) is 31.7 Å². The van der Waals surface area contributed by atoms with Crippen molar-refractivity contribution in [2.24, 2.45) is 10.8 Å². The smallest absolute Gasteiger partial charge is 0.310 e. The van der Waals surface area contributed by atoms with Crippen LogP contribution in [0.5, 0.6) is 0 Å². The largest absolute Gasteiger partial charge is 0.481 e. The second kappa shape index (κ2) is 9.76. The van der Waals surface area contributed by atoms with Crippen molar-refractivity contribution in [2.45, 2.75) is 50.7 Å². The molecule has 3 aliphatic rings. The first-order valence-corrected chi connectivity index (χ1v) is 12.5. The minimum Gasteiger partial charge on any atom is -0.481 e. The van der Waals surface area contributed by atoms with Crippen LogP contribution in [0.4, 0.5) is 4.39 Å². The van der Waals surface area contributed by atoms with Crippen molar-refractivity contribution in [3.8, 4) is 0 Å². The van der Waals surface area contributed by atoms with Gasteiger partial charge in [-0.25, -0.2) is 4.39 Å². The van der Waals surface area contributed by atoms with Crippen molar-refractivity contribution in [1.82, 2.24) is 10.2 Å². The Bertz CT molecular complexity index is 986. The highest BCUT2D eigenvalue weighted by Gasteiger charge is 2.52. The molecule has 0 bridgehead atoms. The van der Waals surface area contributed by atoms with Crippen LogP contribution in [0, 0.1) is 16.6 Å². The molecule has 2 atom stereocenters. The van der Waals surface area contributed by atoms with E-state index >= 15 is 0 Å². The Kier molecular flexibility index (Phi) is 6.74. The molecule has 0 unspecified atom stereocenters. The molecule has 1 heterocycles. The lowest BCUT2D eigenvalue weighted by molar-refractivity contribution is -0.144. The van der Waals surface area contributed by atoms with Gasteiger partial charge in [0.2, 0.25) is 0 Å². The third kappa shape index (κ3) is 5.51. The van der Waals surface area contributed by atoms with Gasteiger partial charge < -0.3 is 20.1 Å². The van der Waals surface area contributed by atoms with Gasteiger partial charge in [0.1, 0.15) is 5.82 Å². The van der Waals surface area contributed by atoms with Crippen LogP contribution in [-0.2, 0) is 16.1 Å². The minimum atomic E-state index is -0.648. The summed E-state index contributed by atoms with van der Waals surface area (Å²) >= 11 is 0. The predicted molar refractivity (Wildman–Crippen MR) is 129 cm³/mol. The van der Waals surface area contributed by atoms with Crippen LogP contribution < -0.4 is 5.32 Å². The highest BCUT2D eigenvalue weighted by Crippen LogP contribution is 2.47. The summed E-state index contributed by atoms with van der Waals surface area (Å²) < 4.78 is 19.7. The van der Waals surface area contributed by atoms with E-state index in [1.54, 1.807) is 6.07 Å². The maximum atomic E-state index is 13.5. The van der Waals surface area contributed by atoms with Gasteiger partial charge >= 0.3 is 5.97 Å². The van der Waals surface area contributed by atoms with E-state index in [4.69, 9.17) is 4.74 Å². The quantitative estimate of drug-likeness (QED) is 0.513. The normalized spacial score (nSPS) is 25.1. The Morgan fingerprint density at radius 3 is 2.53 bits per heavy atom. The number of likely N-dealkylation sites (tertiary alicyclic amines) is 1. The topological polar surface area (TPSA) is 61.8 Å². The van der Waals surface area contributed by atoms with E-state index in [0.717, 1.165) is 57.3 Å². The number of carbonyl (C=O) groups is 1. The molecule has 0 aromatic heterocycles. The van der Waals surface area contributed by atoms with E-state index in [1.165, 1.54) is 17.7 Å². The van der Waals surface area contributed by atoms with Gasteiger partial charge in [0, 0.05) is 30.5 Å². The van der Waals surface area contributed by atoms with Crippen LogP contribution in [0.25, 0.3) is 0 Å². The molecule has 34 heavy (non-hydrogen) atoms. The van der Waals surface area contributed by atoms with Crippen molar-refractivity contribution in [3.63, 3.8) is 0 Å². The van der Waals surface area contributed by atoms with Gasteiger partial charge in [-0.05, 0) is 68.5 Å². The summed E-state index contributed by atoms with van der Waals surface area (Å²) in [6, 6.07) is 17.8. The number of hydrogen-bond donors (Lipinski definition) is 2. The van der Waals surface area contributed by atoms with Crippen LogP contribution >= 0.6 is 0 Å². The van der Waals surface area contributed by atoms with Crippen molar-refractivity contribution in [3.05, 3.63) is 71.5 Å². The number of piperidine rings is 1. The lowest BCUT2D eigenvalue weighted by Crippen LogP contribution is -2.49. The molecule has 5 rings (SSSR count). The zero-order chi connectivity index (χ0) is 23.6. The van der Waals surface area contributed by atoms with Gasteiger partial charge in [-0.2, -0.15) is 0 Å². The first-order chi connectivity index (χ1) is 16.5. The average molecular weight is 467 g/mol. The molecule has 2 N–H and O–H groups in total. The van der Waals surface area contributed by atoms with Crippen molar-refractivity contribution in [1.29, 1.82) is 0 Å². The van der Waals surface area contributed by atoms with Crippen molar-refractivity contribution in [2.75, 3.05) is 32.8 Å². The molecule has 5 nitrogen and oxygen atoms in total. The maximum Gasteiger partial charge on any atom is 0.310 e. The minimum absolute atomic E-state index is 0.00753. The molecule has 1 saturated heterocycles. The second-order valence-electron chi connectivity index (χ2n) is 10.7. The third-order valence-corrected chi connectivity index (χ3v) is 8.07. The fraction of sp³-hybridized carbons (Fsp3) is 0.536. The monoisotopic (exact) mass is 466 g/mol. The molecule has 182 valence electrons. The summed E-state index contributed by atoms with van der Waals surface area (Å²) in [4.78, 5) is 14.0. The Labute approximate surface area is 201 Å². The number of nitrogens with zero attached hydrogens (tertiary/aromatic N) is 1. The number of aliphatic carboxylic acids is 1. The second-order valence-corrected chi connectivity index (χ2v) is 10.7. The molecule has 2 saturated carbocycles. The molecular weight excluding hydrogens is 431 g/mol. The molecule has 1 aliphatic heterocycles.